The molecule has 4 rings (SSSR count). The third-order valence-electron chi connectivity index (χ3n) is 5.83. The fourth-order valence-electron chi connectivity index (χ4n) is 4.33. The molecule has 0 aliphatic carbocycles. The number of piperidine rings is 1. The Hall–Kier alpha value is -2.60. The van der Waals surface area contributed by atoms with Crippen LogP contribution in [0.4, 0.5) is 0 Å². The van der Waals surface area contributed by atoms with Crippen molar-refractivity contribution in [1.29, 1.82) is 0 Å². The molecule has 0 N–H and O–H groups in total. The van der Waals surface area contributed by atoms with Crippen LogP contribution in [-0.4, -0.2) is 49.7 Å². The Morgan fingerprint density at radius 2 is 1.82 bits per heavy atom. The summed E-state index contributed by atoms with van der Waals surface area (Å²) in [4.78, 5) is 18.9. The zero-order valence-electron chi connectivity index (χ0n) is 16.7. The number of benzene rings is 1. The van der Waals surface area contributed by atoms with Gasteiger partial charge in [0.1, 0.15) is 0 Å². The molecule has 1 amide bonds. The highest BCUT2D eigenvalue weighted by atomic mass is 16.5. The van der Waals surface area contributed by atoms with Crippen LogP contribution in [0.25, 0.3) is 0 Å². The van der Waals surface area contributed by atoms with Crippen molar-refractivity contribution in [3.05, 3.63) is 52.8 Å². The molecule has 0 radical (unpaired) electrons. The number of methoxy groups -OCH3 is 2. The number of carbonyl (C=O) groups is 1. The number of hydrogen-bond donors (Lipinski definition) is 0. The molecule has 6 nitrogen and oxygen atoms in total. The van der Waals surface area contributed by atoms with E-state index in [2.05, 4.69) is 17.1 Å². The molecule has 1 saturated heterocycles. The third-order valence-corrected chi connectivity index (χ3v) is 5.83. The maximum Gasteiger partial charge on any atom is 0.255 e. The van der Waals surface area contributed by atoms with Gasteiger partial charge in [-0.25, -0.2) is 0 Å². The first-order valence-corrected chi connectivity index (χ1v) is 9.66. The van der Waals surface area contributed by atoms with Gasteiger partial charge >= 0.3 is 0 Å². The molecule has 1 aromatic heterocycles. The molecule has 0 saturated carbocycles. The van der Waals surface area contributed by atoms with Crippen molar-refractivity contribution in [1.82, 2.24) is 9.88 Å². The lowest BCUT2D eigenvalue weighted by molar-refractivity contribution is -0.0936. The summed E-state index contributed by atoms with van der Waals surface area (Å²) in [5, 5.41) is 0. The van der Waals surface area contributed by atoms with Gasteiger partial charge in [0.15, 0.2) is 11.5 Å². The van der Waals surface area contributed by atoms with Crippen LogP contribution in [0.15, 0.2) is 30.6 Å². The fourth-order valence-corrected chi connectivity index (χ4v) is 4.33. The SMILES string of the molecule is COc1cc2c(cc1OC)C1(CCN(C(=O)c3cncc(C)c3)CC1)OCC2. The Labute approximate surface area is 165 Å². The maximum atomic E-state index is 12.9. The van der Waals surface area contributed by atoms with Crippen molar-refractivity contribution in [3.63, 3.8) is 0 Å². The van der Waals surface area contributed by atoms with Crippen LogP contribution in [0, 0.1) is 6.92 Å². The number of ether oxygens (including phenoxy) is 3. The molecule has 3 heterocycles. The quantitative estimate of drug-likeness (QED) is 0.816. The molecule has 0 atom stereocenters. The van der Waals surface area contributed by atoms with E-state index in [1.165, 1.54) is 11.1 Å². The van der Waals surface area contributed by atoms with Gasteiger partial charge in [0.05, 0.1) is 32.0 Å². The number of carbonyl (C=O) groups excluding carboxylic acids is 1. The van der Waals surface area contributed by atoms with Crippen LogP contribution in [0.1, 0.15) is 39.9 Å². The monoisotopic (exact) mass is 382 g/mol. The van der Waals surface area contributed by atoms with Crippen LogP contribution in [0.5, 0.6) is 11.5 Å². The van der Waals surface area contributed by atoms with Crippen molar-refractivity contribution >= 4 is 5.91 Å². The predicted octanol–water partition coefficient (Wildman–Crippen LogP) is 3.11. The summed E-state index contributed by atoms with van der Waals surface area (Å²) >= 11 is 0. The van der Waals surface area contributed by atoms with Gasteiger partial charge in [0.2, 0.25) is 0 Å². The van der Waals surface area contributed by atoms with Gasteiger partial charge in [0, 0.05) is 25.5 Å². The smallest absolute Gasteiger partial charge is 0.255 e. The van der Waals surface area contributed by atoms with Gasteiger partial charge < -0.3 is 19.1 Å². The average Bonchev–Trinajstić information content (AvgIpc) is 2.73. The number of likely N-dealkylation sites (tertiary alicyclic amines) is 1. The first-order chi connectivity index (χ1) is 13.6. The molecule has 1 fully saturated rings. The lowest BCUT2D eigenvalue weighted by Crippen LogP contribution is -2.48. The van der Waals surface area contributed by atoms with Gasteiger partial charge in [-0.15, -0.1) is 0 Å². The van der Waals surface area contributed by atoms with Crippen molar-refractivity contribution in [2.45, 2.75) is 31.8 Å². The van der Waals surface area contributed by atoms with Crippen molar-refractivity contribution in [2.24, 2.45) is 0 Å². The van der Waals surface area contributed by atoms with E-state index in [0.717, 1.165) is 36.3 Å². The van der Waals surface area contributed by atoms with Gasteiger partial charge in [-0.2, -0.15) is 0 Å². The second-order valence-electron chi connectivity index (χ2n) is 7.50. The molecule has 6 heteroatoms. The molecular formula is C22H26N2O4. The first kappa shape index (κ1) is 18.7. The second-order valence-corrected chi connectivity index (χ2v) is 7.50. The van der Waals surface area contributed by atoms with Crippen LogP contribution in [-0.2, 0) is 16.8 Å². The lowest BCUT2D eigenvalue weighted by atomic mass is 9.79. The predicted molar refractivity (Wildman–Crippen MR) is 105 cm³/mol. The van der Waals surface area contributed by atoms with Crippen LogP contribution in [0.2, 0.25) is 0 Å². The topological polar surface area (TPSA) is 60.9 Å². The van der Waals surface area contributed by atoms with E-state index < -0.39 is 0 Å². The summed E-state index contributed by atoms with van der Waals surface area (Å²) in [6.45, 7) is 3.93. The van der Waals surface area contributed by atoms with E-state index in [1.807, 2.05) is 17.9 Å². The molecule has 2 aliphatic heterocycles. The number of rotatable bonds is 3. The van der Waals surface area contributed by atoms with Gasteiger partial charge in [-0.3, -0.25) is 9.78 Å². The molecule has 2 aromatic rings. The Kier molecular flexibility index (Phi) is 4.98. The van der Waals surface area contributed by atoms with Crippen LogP contribution < -0.4 is 9.47 Å². The summed E-state index contributed by atoms with van der Waals surface area (Å²) < 4.78 is 17.3. The Balaban J connectivity index is 1.57. The number of amides is 1. The van der Waals surface area contributed by atoms with E-state index in [-0.39, 0.29) is 11.5 Å². The largest absolute Gasteiger partial charge is 0.493 e. The van der Waals surface area contributed by atoms with Crippen molar-refractivity contribution in [2.75, 3.05) is 33.9 Å². The number of fused-ring (bicyclic) bond motifs is 2. The highest BCUT2D eigenvalue weighted by Crippen LogP contribution is 2.45. The third kappa shape index (κ3) is 3.22. The average molecular weight is 382 g/mol. The fraction of sp³-hybridized carbons (Fsp3) is 0.455. The molecular weight excluding hydrogens is 356 g/mol. The van der Waals surface area contributed by atoms with Crippen molar-refractivity contribution < 1.29 is 19.0 Å². The number of nitrogens with zero attached hydrogens (tertiary/aromatic N) is 2. The Morgan fingerprint density at radius 3 is 2.50 bits per heavy atom. The minimum atomic E-state index is -0.366. The summed E-state index contributed by atoms with van der Waals surface area (Å²) in [6, 6.07) is 6.01. The van der Waals surface area contributed by atoms with Gasteiger partial charge in [-0.05, 0) is 61.1 Å². The van der Waals surface area contributed by atoms with E-state index in [4.69, 9.17) is 14.2 Å². The van der Waals surface area contributed by atoms with Gasteiger partial charge in [-0.1, -0.05) is 0 Å². The minimum absolute atomic E-state index is 0.0365. The molecule has 148 valence electrons. The summed E-state index contributed by atoms with van der Waals surface area (Å²) in [6.07, 6.45) is 5.79. The maximum absolute atomic E-state index is 12.9. The number of hydrogen-bond acceptors (Lipinski definition) is 5. The van der Waals surface area contributed by atoms with Crippen LogP contribution in [0.3, 0.4) is 0 Å². The minimum Gasteiger partial charge on any atom is -0.493 e. The van der Waals surface area contributed by atoms with E-state index >= 15 is 0 Å². The Morgan fingerprint density at radius 1 is 1.11 bits per heavy atom. The summed E-state index contributed by atoms with van der Waals surface area (Å²) in [7, 11) is 3.31. The molecule has 0 bridgehead atoms. The summed E-state index contributed by atoms with van der Waals surface area (Å²) in [5.74, 6) is 1.50. The van der Waals surface area contributed by atoms with E-state index in [1.54, 1.807) is 26.6 Å². The lowest BCUT2D eigenvalue weighted by Gasteiger charge is -2.45. The normalized spacial score (nSPS) is 17.9. The Bertz CT molecular complexity index is 888. The first-order valence-electron chi connectivity index (χ1n) is 9.66. The number of aryl methyl sites for hydroxylation is 1. The summed E-state index contributed by atoms with van der Waals surface area (Å²) in [5.41, 5.74) is 3.68. The second kappa shape index (κ2) is 7.43. The number of aromatic nitrogens is 1. The zero-order chi connectivity index (χ0) is 19.7. The van der Waals surface area contributed by atoms with Crippen LogP contribution >= 0.6 is 0 Å². The number of pyridine rings is 1. The van der Waals surface area contributed by atoms with Crippen molar-refractivity contribution in [3.8, 4) is 11.5 Å². The molecule has 1 spiro atoms. The molecule has 2 aliphatic rings. The molecule has 0 unspecified atom stereocenters. The van der Waals surface area contributed by atoms with Gasteiger partial charge in [0.25, 0.3) is 5.91 Å². The zero-order valence-corrected chi connectivity index (χ0v) is 16.7. The molecule has 28 heavy (non-hydrogen) atoms. The van der Waals surface area contributed by atoms with E-state index in [9.17, 15) is 4.79 Å². The van der Waals surface area contributed by atoms with E-state index in [0.29, 0.717) is 25.3 Å². The standard InChI is InChI=1S/C22H26N2O4/c1-15-10-17(14-23-13-15)21(25)24-7-5-22(6-8-24)18-12-20(27-3)19(26-2)11-16(18)4-9-28-22/h10-14H,4-9H2,1-3H3. The highest BCUT2D eigenvalue weighted by molar-refractivity contribution is 5.94. The molecule has 1 aromatic carbocycles. The highest BCUT2D eigenvalue weighted by Gasteiger charge is 2.42.